The summed E-state index contributed by atoms with van der Waals surface area (Å²) >= 11 is 0. The van der Waals surface area contributed by atoms with E-state index in [0.717, 1.165) is 17.3 Å². The van der Waals surface area contributed by atoms with Crippen LogP contribution < -0.4 is 0 Å². The molecular formula is C13H24. The molecule has 2 aliphatic rings. The average Bonchev–Trinajstić information content (AvgIpc) is 2.11. The Bertz CT molecular complexity index is 169. The van der Waals surface area contributed by atoms with Crippen molar-refractivity contribution in [2.45, 2.75) is 65.2 Å². The molecule has 0 radical (unpaired) electrons. The molecule has 2 rings (SSSR count). The maximum absolute atomic E-state index is 2.56. The van der Waals surface area contributed by atoms with Crippen LogP contribution in [0.1, 0.15) is 65.2 Å². The fraction of sp³-hybridized carbons (Fsp3) is 1.00. The zero-order valence-electron chi connectivity index (χ0n) is 9.31. The van der Waals surface area contributed by atoms with Crippen LogP contribution >= 0.6 is 0 Å². The Balaban J connectivity index is 1.95. The van der Waals surface area contributed by atoms with E-state index in [4.69, 9.17) is 0 Å². The van der Waals surface area contributed by atoms with E-state index in [1.807, 2.05) is 0 Å². The number of hydrogen-bond acceptors (Lipinski definition) is 0. The maximum atomic E-state index is 2.56. The van der Waals surface area contributed by atoms with Crippen molar-refractivity contribution in [1.82, 2.24) is 0 Å². The first kappa shape index (κ1) is 9.55. The first-order chi connectivity index (χ1) is 6.21. The molecule has 0 heterocycles. The highest BCUT2D eigenvalue weighted by molar-refractivity contribution is 4.89. The lowest BCUT2D eigenvalue weighted by atomic mass is 9.63. The quantitative estimate of drug-likeness (QED) is 0.525. The molecule has 0 nitrogen and oxygen atoms in total. The Morgan fingerprint density at radius 2 is 1.69 bits per heavy atom. The molecule has 76 valence electrons. The van der Waals surface area contributed by atoms with Crippen molar-refractivity contribution >= 4 is 0 Å². The normalized spacial score (nSPS) is 42.5. The van der Waals surface area contributed by atoms with Gasteiger partial charge in [0.05, 0.1) is 0 Å². The van der Waals surface area contributed by atoms with Gasteiger partial charge in [0.1, 0.15) is 0 Å². The summed E-state index contributed by atoms with van der Waals surface area (Å²) in [5.74, 6) is 2.10. The third kappa shape index (κ3) is 1.92. The van der Waals surface area contributed by atoms with Crippen molar-refractivity contribution in [1.29, 1.82) is 0 Å². The van der Waals surface area contributed by atoms with E-state index in [1.54, 1.807) is 0 Å². The number of rotatable bonds is 1. The molecule has 13 heavy (non-hydrogen) atoms. The summed E-state index contributed by atoms with van der Waals surface area (Å²) in [6, 6.07) is 0. The Hall–Kier alpha value is 0. The first-order valence-electron chi connectivity index (χ1n) is 6.21. The summed E-state index contributed by atoms with van der Waals surface area (Å²) in [7, 11) is 0. The molecule has 0 aromatic carbocycles. The SMILES string of the molecule is CC1CCCC(C)(C2CCC2)CC1. The van der Waals surface area contributed by atoms with Crippen LogP contribution in [0.2, 0.25) is 0 Å². The molecule has 2 fully saturated rings. The highest BCUT2D eigenvalue weighted by atomic mass is 14.4. The van der Waals surface area contributed by atoms with Gasteiger partial charge in [-0.05, 0) is 42.9 Å². The van der Waals surface area contributed by atoms with Crippen molar-refractivity contribution < 1.29 is 0 Å². The van der Waals surface area contributed by atoms with Crippen LogP contribution in [0.4, 0.5) is 0 Å². The van der Waals surface area contributed by atoms with E-state index in [2.05, 4.69) is 13.8 Å². The van der Waals surface area contributed by atoms with Crippen LogP contribution in [0.15, 0.2) is 0 Å². The Labute approximate surface area is 83.1 Å². The Morgan fingerprint density at radius 3 is 2.31 bits per heavy atom. The van der Waals surface area contributed by atoms with E-state index in [1.165, 1.54) is 51.4 Å². The molecule has 2 aliphatic carbocycles. The van der Waals surface area contributed by atoms with Gasteiger partial charge in [-0.2, -0.15) is 0 Å². The topological polar surface area (TPSA) is 0 Å². The van der Waals surface area contributed by atoms with Gasteiger partial charge in [-0.15, -0.1) is 0 Å². The van der Waals surface area contributed by atoms with Crippen LogP contribution in [0.25, 0.3) is 0 Å². The molecule has 0 saturated heterocycles. The smallest absolute Gasteiger partial charge is 0.0297 e. The molecular weight excluding hydrogens is 156 g/mol. The average molecular weight is 180 g/mol. The minimum absolute atomic E-state index is 0.739. The number of hydrogen-bond donors (Lipinski definition) is 0. The summed E-state index contributed by atoms with van der Waals surface area (Å²) in [5, 5.41) is 0. The van der Waals surface area contributed by atoms with Gasteiger partial charge < -0.3 is 0 Å². The maximum Gasteiger partial charge on any atom is -0.0297 e. The highest BCUT2D eigenvalue weighted by Gasteiger charge is 2.38. The summed E-state index contributed by atoms with van der Waals surface area (Å²) < 4.78 is 0. The highest BCUT2D eigenvalue weighted by Crippen LogP contribution is 2.50. The molecule has 2 unspecified atom stereocenters. The lowest BCUT2D eigenvalue weighted by Gasteiger charge is -2.43. The van der Waals surface area contributed by atoms with Gasteiger partial charge in [0, 0.05) is 0 Å². The van der Waals surface area contributed by atoms with E-state index in [9.17, 15) is 0 Å². The standard InChI is InChI=1S/C13H24/c1-11-5-4-9-13(2,10-8-11)12-6-3-7-12/h11-12H,3-10H2,1-2H3. The van der Waals surface area contributed by atoms with E-state index in [0.29, 0.717) is 0 Å². The molecule has 2 saturated carbocycles. The predicted molar refractivity (Wildman–Crippen MR) is 57.7 cm³/mol. The summed E-state index contributed by atoms with van der Waals surface area (Å²) in [6.45, 7) is 5.00. The van der Waals surface area contributed by atoms with Crippen LogP contribution in [-0.4, -0.2) is 0 Å². The van der Waals surface area contributed by atoms with E-state index >= 15 is 0 Å². The molecule has 0 bridgehead atoms. The van der Waals surface area contributed by atoms with Crippen molar-refractivity contribution in [3.8, 4) is 0 Å². The third-order valence-corrected chi connectivity index (χ3v) is 4.74. The molecule has 0 N–H and O–H groups in total. The van der Waals surface area contributed by atoms with Crippen molar-refractivity contribution in [2.24, 2.45) is 17.3 Å². The van der Waals surface area contributed by atoms with Gasteiger partial charge in [0.25, 0.3) is 0 Å². The molecule has 2 atom stereocenters. The fourth-order valence-electron chi connectivity index (χ4n) is 3.21. The molecule has 0 aliphatic heterocycles. The second kappa shape index (κ2) is 3.63. The third-order valence-electron chi connectivity index (χ3n) is 4.74. The van der Waals surface area contributed by atoms with Crippen molar-refractivity contribution in [3.05, 3.63) is 0 Å². The second-order valence-electron chi connectivity index (χ2n) is 5.82. The Kier molecular flexibility index (Phi) is 2.67. The van der Waals surface area contributed by atoms with Gasteiger partial charge in [-0.25, -0.2) is 0 Å². The van der Waals surface area contributed by atoms with Crippen LogP contribution in [0, 0.1) is 17.3 Å². The molecule has 0 spiro atoms. The summed E-state index contributed by atoms with van der Waals surface area (Å²) in [4.78, 5) is 0. The summed E-state index contributed by atoms with van der Waals surface area (Å²) in [6.07, 6.45) is 12.1. The lowest BCUT2D eigenvalue weighted by Crippen LogP contribution is -2.32. The van der Waals surface area contributed by atoms with Gasteiger partial charge in [-0.1, -0.05) is 39.5 Å². The minimum atomic E-state index is 0.739. The molecule has 0 heteroatoms. The van der Waals surface area contributed by atoms with Crippen LogP contribution in [-0.2, 0) is 0 Å². The zero-order chi connectivity index (χ0) is 9.31. The Morgan fingerprint density at radius 1 is 0.923 bits per heavy atom. The van der Waals surface area contributed by atoms with E-state index < -0.39 is 0 Å². The van der Waals surface area contributed by atoms with Crippen LogP contribution in [0.3, 0.4) is 0 Å². The molecule has 0 aromatic heterocycles. The summed E-state index contributed by atoms with van der Waals surface area (Å²) in [5.41, 5.74) is 0.739. The van der Waals surface area contributed by atoms with Crippen molar-refractivity contribution in [3.63, 3.8) is 0 Å². The van der Waals surface area contributed by atoms with Gasteiger partial charge in [0.2, 0.25) is 0 Å². The molecule has 0 amide bonds. The monoisotopic (exact) mass is 180 g/mol. The van der Waals surface area contributed by atoms with Crippen molar-refractivity contribution in [2.75, 3.05) is 0 Å². The van der Waals surface area contributed by atoms with Gasteiger partial charge in [-0.3, -0.25) is 0 Å². The largest absolute Gasteiger partial charge is 0.0625 e. The molecule has 0 aromatic rings. The lowest BCUT2D eigenvalue weighted by molar-refractivity contribution is 0.0828. The fourth-order valence-corrected chi connectivity index (χ4v) is 3.21. The van der Waals surface area contributed by atoms with Crippen LogP contribution in [0.5, 0.6) is 0 Å². The minimum Gasteiger partial charge on any atom is -0.0625 e. The van der Waals surface area contributed by atoms with E-state index in [-0.39, 0.29) is 0 Å². The van der Waals surface area contributed by atoms with Gasteiger partial charge in [0.15, 0.2) is 0 Å². The first-order valence-corrected chi connectivity index (χ1v) is 6.21. The van der Waals surface area contributed by atoms with Gasteiger partial charge >= 0.3 is 0 Å². The second-order valence-corrected chi connectivity index (χ2v) is 5.82. The zero-order valence-corrected chi connectivity index (χ0v) is 9.31. The predicted octanol–water partition coefficient (Wildman–Crippen LogP) is 4.39.